The summed E-state index contributed by atoms with van der Waals surface area (Å²) in [4.78, 5) is 33.9. The minimum atomic E-state index is -1.12. The van der Waals surface area contributed by atoms with Gasteiger partial charge in [-0.2, -0.15) is 11.8 Å². The summed E-state index contributed by atoms with van der Waals surface area (Å²) in [6.07, 6.45) is -0.573. The van der Waals surface area contributed by atoms with Crippen LogP contribution in [-0.2, 0) is 26.5 Å². The molecule has 0 bridgehead atoms. The highest BCUT2D eigenvalue weighted by Crippen LogP contribution is 2.18. The van der Waals surface area contributed by atoms with Crippen LogP contribution >= 0.6 is 11.8 Å². The van der Waals surface area contributed by atoms with Crippen molar-refractivity contribution in [1.29, 1.82) is 0 Å². The second-order valence-electron chi connectivity index (χ2n) is 6.72. The highest BCUT2D eigenvalue weighted by molar-refractivity contribution is 7.98. The van der Waals surface area contributed by atoms with E-state index in [1.807, 2.05) is 12.1 Å². The number of nitrogens with one attached hydrogen (secondary N) is 1. The summed E-state index contributed by atoms with van der Waals surface area (Å²) in [5.74, 6) is -0.950. The van der Waals surface area contributed by atoms with Crippen LogP contribution in [-0.4, -0.2) is 45.6 Å². The quantitative estimate of drug-likeness (QED) is 0.562. The fraction of sp³-hybridized carbons (Fsp3) is 0.500. The Bertz CT molecular complexity index is 641. The standard InChI is InChI=1S/C18H25NO6S/c1-18(2,3)25-17(24)19-14(16(22)23)8-9-26-11-13-7-5-4-6-12(13)10-15(20)21/h4-7,14H,8-11H2,1-3H3,(H,19,24)(H,20,21)(H,22,23). The molecule has 26 heavy (non-hydrogen) atoms. The van der Waals surface area contributed by atoms with E-state index in [-0.39, 0.29) is 12.8 Å². The van der Waals surface area contributed by atoms with Crippen LogP contribution in [0.2, 0.25) is 0 Å². The Balaban J connectivity index is 2.50. The van der Waals surface area contributed by atoms with E-state index < -0.39 is 29.7 Å². The molecule has 0 aliphatic heterocycles. The maximum atomic E-state index is 11.7. The van der Waals surface area contributed by atoms with Crippen molar-refractivity contribution in [2.45, 2.75) is 51.0 Å². The number of carboxylic acids is 2. The van der Waals surface area contributed by atoms with E-state index in [0.29, 0.717) is 11.5 Å². The lowest BCUT2D eigenvalue weighted by molar-refractivity contribution is -0.139. The number of carboxylic acid groups (broad SMARTS) is 2. The molecule has 1 unspecified atom stereocenters. The lowest BCUT2D eigenvalue weighted by atomic mass is 10.1. The van der Waals surface area contributed by atoms with Gasteiger partial charge in [-0.3, -0.25) is 4.79 Å². The largest absolute Gasteiger partial charge is 0.481 e. The average molecular weight is 383 g/mol. The molecule has 1 aromatic carbocycles. The van der Waals surface area contributed by atoms with Gasteiger partial charge in [-0.05, 0) is 44.1 Å². The van der Waals surface area contributed by atoms with Crippen molar-refractivity contribution in [2.24, 2.45) is 0 Å². The molecule has 0 aliphatic rings. The first-order chi connectivity index (χ1) is 12.1. The van der Waals surface area contributed by atoms with Crippen LogP contribution in [0.5, 0.6) is 0 Å². The van der Waals surface area contributed by atoms with Gasteiger partial charge in [0.2, 0.25) is 0 Å². The Morgan fingerprint density at radius 2 is 1.77 bits per heavy atom. The Labute approximate surface area is 157 Å². The first-order valence-corrected chi connectivity index (χ1v) is 9.32. The number of carbonyl (C=O) groups is 3. The number of thioether (sulfide) groups is 1. The van der Waals surface area contributed by atoms with Crippen molar-refractivity contribution in [1.82, 2.24) is 5.32 Å². The van der Waals surface area contributed by atoms with Crippen LogP contribution in [0, 0.1) is 0 Å². The van der Waals surface area contributed by atoms with Gasteiger partial charge in [0.15, 0.2) is 0 Å². The zero-order valence-electron chi connectivity index (χ0n) is 15.2. The van der Waals surface area contributed by atoms with Crippen molar-refractivity contribution in [3.05, 3.63) is 35.4 Å². The van der Waals surface area contributed by atoms with Crippen molar-refractivity contribution >= 4 is 29.8 Å². The number of amides is 1. The van der Waals surface area contributed by atoms with Gasteiger partial charge in [-0.25, -0.2) is 9.59 Å². The summed E-state index contributed by atoms with van der Waals surface area (Å²) < 4.78 is 5.07. The topological polar surface area (TPSA) is 113 Å². The van der Waals surface area contributed by atoms with Crippen LogP contribution in [0.1, 0.15) is 38.3 Å². The summed E-state index contributed by atoms with van der Waals surface area (Å²) in [5, 5.41) is 20.5. The number of aliphatic carboxylic acids is 2. The molecule has 8 heteroatoms. The van der Waals surface area contributed by atoms with Gasteiger partial charge in [-0.15, -0.1) is 0 Å². The molecule has 0 saturated carbocycles. The molecule has 0 saturated heterocycles. The van der Waals surface area contributed by atoms with Gasteiger partial charge in [0.05, 0.1) is 6.42 Å². The van der Waals surface area contributed by atoms with Crippen LogP contribution in [0.4, 0.5) is 4.79 Å². The van der Waals surface area contributed by atoms with Crippen LogP contribution in [0.15, 0.2) is 24.3 Å². The van der Waals surface area contributed by atoms with Crippen molar-refractivity contribution in [3.63, 3.8) is 0 Å². The Hall–Kier alpha value is -2.22. The maximum absolute atomic E-state index is 11.7. The number of hydrogen-bond acceptors (Lipinski definition) is 5. The summed E-state index contributed by atoms with van der Waals surface area (Å²) in [5.41, 5.74) is 0.955. The second kappa shape index (κ2) is 10.1. The summed E-state index contributed by atoms with van der Waals surface area (Å²) >= 11 is 1.49. The molecule has 1 atom stereocenters. The first-order valence-electron chi connectivity index (χ1n) is 8.17. The molecule has 0 radical (unpaired) electrons. The lowest BCUT2D eigenvalue weighted by Gasteiger charge is -2.22. The number of carbonyl (C=O) groups excluding carboxylic acids is 1. The van der Waals surface area contributed by atoms with Gasteiger partial charge in [0, 0.05) is 5.75 Å². The fourth-order valence-electron chi connectivity index (χ4n) is 2.12. The third-order valence-electron chi connectivity index (χ3n) is 3.26. The minimum absolute atomic E-state index is 0.0469. The van der Waals surface area contributed by atoms with E-state index in [1.165, 1.54) is 11.8 Å². The molecule has 0 aromatic heterocycles. The predicted molar refractivity (Wildman–Crippen MR) is 99.4 cm³/mol. The van der Waals surface area contributed by atoms with Gasteiger partial charge in [0.25, 0.3) is 0 Å². The SMILES string of the molecule is CC(C)(C)OC(=O)NC(CCSCc1ccccc1CC(=O)O)C(=O)O. The zero-order valence-corrected chi connectivity index (χ0v) is 16.0. The summed E-state index contributed by atoms with van der Waals surface area (Å²) in [6.45, 7) is 5.10. The third-order valence-corrected chi connectivity index (χ3v) is 4.30. The number of hydrogen-bond donors (Lipinski definition) is 3. The van der Waals surface area contributed by atoms with E-state index in [9.17, 15) is 19.5 Å². The van der Waals surface area contributed by atoms with Crippen molar-refractivity contribution in [2.75, 3.05) is 5.75 Å². The van der Waals surface area contributed by atoms with Crippen LogP contribution in [0.3, 0.4) is 0 Å². The number of benzene rings is 1. The Morgan fingerprint density at radius 3 is 2.31 bits per heavy atom. The molecule has 1 rings (SSSR count). The van der Waals surface area contributed by atoms with E-state index in [4.69, 9.17) is 9.84 Å². The number of rotatable bonds is 9. The Kier molecular flexibility index (Phi) is 8.44. The minimum Gasteiger partial charge on any atom is -0.481 e. The number of ether oxygens (including phenoxy) is 1. The zero-order chi connectivity index (χ0) is 19.7. The average Bonchev–Trinajstić information content (AvgIpc) is 2.49. The van der Waals surface area contributed by atoms with E-state index in [2.05, 4.69) is 5.32 Å². The molecule has 0 fully saturated rings. The smallest absolute Gasteiger partial charge is 0.408 e. The van der Waals surface area contributed by atoms with Crippen molar-refractivity contribution in [3.8, 4) is 0 Å². The first kappa shape index (κ1) is 21.8. The maximum Gasteiger partial charge on any atom is 0.408 e. The number of alkyl carbamates (subject to hydrolysis) is 1. The molecular formula is C18H25NO6S. The Morgan fingerprint density at radius 1 is 1.15 bits per heavy atom. The summed E-state index contributed by atoms with van der Waals surface area (Å²) in [6, 6.07) is 6.22. The van der Waals surface area contributed by atoms with Crippen LogP contribution < -0.4 is 5.32 Å². The van der Waals surface area contributed by atoms with E-state index in [0.717, 1.165) is 11.1 Å². The molecule has 0 heterocycles. The molecule has 1 aromatic rings. The van der Waals surface area contributed by atoms with E-state index in [1.54, 1.807) is 32.9 Å². The molecule has 0 aliphatic carbocycles. The van der Waals surface area contributed by atoms with Gasteiger partial charge in [-0.1, -0.05) is 24.3 Å². The molecular weight excluding hydrogens is 358 g/mol. The van der Waals surface area contributed by atoms with Gasteiger partial charge in [0.1, 0.15) is 11.6 Å². The molecule has 3 N–H and O–H groups in total. The molecule has 1 amide bonds. The normalized spacial score (nSPS) is 12.3. The highest BCUT2D eigenvalue weighted by Gasteiger charge is 2.23. The second-order valence-corrected chi connectivity index (χ2v) is 7.82. The molecule has 7 nitrogen and oxygen atoms in total. The highest BCUT2D eigenvalue weighted by atomic mass is 32.2. The fourth-order valence-corrected chi connectivity index (χ4v) is 3.17. The van der Waals surface area contributed by atoms with E-state index >= 15 is 0 Å². The van der Waals surface area contributed by atoms with Gasteiger partial charge < -0.3 is 20.3 Å². The van der Waals surface area contributed by atoms with Crippen molar-refractivity contribution < 1.29 is 29.3 Å². The predicted octanol–water partition coefficient (Wildman–Crippen LogP) is 2.91. The van der Waals surface area contributed by atoms with Crippen LogP contribution in [0.25, 0.3) is 0 Å². The summed E-state index contributed by atoms with van der Waals surface area (Å²) in [7, 11) is 0. The molecule has 144 valence electrons. The van der Waals surface area contributed by atoms with Gasteiger partial charge >= 0.3 is 18.0 Å². The monoisotopic (exact) mass is 383 g/mol. The lowest BCUT2D eigenvalue weighted by Crippen LogP contribution is -2.43. The third kappa shape index (κ3) is 8.75. The molecule has 0 spiro atoms.